The Morgan fingerprint density at radius 3 is 2.56 bits per heavy atom. The number of nitrogens with one attached hydrogen (secondary N) is 1. The molecule has 0 saturated carbocycles. The first kappa shape index (κ1) is 19.4. The summed E-state index contributed by atoms with van der Waals surface area (Å²) in [5.41, 5.74) is 1.70. The molecule has 1 heterocycles. The number of methoxy groups -OCH3 is 2. The molecule has 2 aromatic rings. The van der Waals surface area contributed by atoms with Crippen molar-refractivity contribution < 1.29 is 14.3 Å². The van der Waals surface area contributed by atoms with Crippen LogP contribution >= 0.6 is 11.6 Å². The summed E-state index contributed by atoms with van der Waals surface area (Å²) in [7, 11) is 3.18. The molecule has 5 nitrogen and oxygen atoms in total. The van der Waals surface area contributed by atoms with Gasteiger partial charge in [-0.25, -0.2) is 4.79 Å². The molecule has 0 aliphatic carbocycles. The summed E-state index contributed by atoms with van der Waals surface area (Å²) in [6.07, 6.45) is 4.15. The predicted octanol–water partition coefficient (Wildman–Crippen LogP) is 5.51. The first-order valence-corrected chi connectivity index (χ1v) is 9.55. The van der Waals surface area contributed by atoms with Gasteiger partial charge in [-0.15, -0.1) is 0 Å². The quantitative estimate of drug-likeness (QED) is 0.751. The molecule has 1 saturated heterocycles. The normalized spacial score (nSPS) is 17.1. The van der Waals surface area contributed by atoms with Crippen molar-refractivity contribution in [1.82, 2.24) is 4.90 Å². The Hall–Kier alpha value is -2.40. The van der Waals surface area contributed by atoms with Crippen molar-refractivity contribution >= 4 is 23.3 Å². The molecule has 6 heteroatoms. The molecule has 0 radical (unpaired) electrons. The summed E-state index contributed by atoms with van der Waals surface area (Å²) in [6, 6.07) is 13.0. The van der Waals surface area contributed by atoms with Crippen LogP contribution in [-0.2, 0) is 0 Å². The van der Waals surface area contributed by atoms with E-state index in [-0.39, 0.29) is 12.1 Å². The van der Waals surface area contributed by atoms with Crippen LogP contribution in [0.5, 0.6) is 11.5 Å². The number of anilines is 1. The van der Waals surface area contributed by atoms with Gasteiger partial charge in [0.15, 0.2) is 0 Å². The Balaban J connectivity index is 1.85. The van der Waals surface area contributed by atoms with Gasteiger partial charge in [-0.1, -0.05) is 36.6 Å². The number of ether oxygens (including phenoxy) is 2. The van der Waals surface area contributed by atoms with Crippen LogP contribution in [0.15, 0.2) is 42.5 Å². The number of carbonyl (C=O) groups is 1. The molecule has 27 heavy (non-hydrogen) atoms. The second kappa shape index (κ2) is 9.00. The second-order valence-electron chi connectivity index (χ2n) is 6.61. The average molecular weight is 389 g/mol. The summed E-state index contributed by atoms with van der Waals surface area (Å²) in [6.45, 7) is 0.714. The SMILES string of the molecule is COc1ccc(OC)c(NC(=O)N2CCCCC[C@@H]2c2ccc(Cl)cc2)c1. The Morgan fingerprint density at radius 1 is 1.07 bits per heavy atom. The Kier molecular flexibility index (Phi) is 6.45. The molecule has 3 rings (SSSR count). The fourth-order valence-electron chi connectivity index (χ4n) is 3.48. The zero-order valence-electron chi connectivity index (χ0n) is 15.7. The van der Waals surface area contributed by atoms with Gasteiger partial charge in [0.25, 0.3) is 0 Å². The first-order valence-electron chi connectivity index (χ1n) is 9.17. The van der Waals surface area contributed by atoms with Gasteiger partial charge in [-0.05, 0) is 42.7 Å². The van der Waals surface area contributed by atoms with Gasteiger partial charge in [0, 0.05) is 17.6 Å². The molecule has 0 unspecified atom stereocenters. The molecule has 1 N–H and O–H groups in total. The molecule has 1 aliphatic heterocycles. The molecule has 0 bridgehead atoms. The van der Waals surface area contributed by atoms with E-state index in [9.17, 15) is 4.79 Å². The average Bonchev–Trinajstić information content (AvgIpc) is 2.94. The zero-order valence-corrected chi connectivity index (χ0v) is 16.5. The van der Waals surface area contributed by atoms with E-state index in [0.717, 1.165) is 31.2 Å². The molecular formula is C21H25ClN2O3. The van der Waals surface area contributed by atoms with Crippen LogP contribution < -0.4 is 14.8 Å². The second-order valence-corrected chi connectivity index (χ2v) is 7.04. The number of carbonyl (C=O) groups excluding carboxylic acids is 1. The number of benzene rings is 2. The molecule has 144 valence electrons. The fourth-order valence-corrected chi connectivity index (χ4v) is 3.61. The van der Waals surface area contributed by atoms with E-state index in [1.807, 2.05) is 29.2 Å². The lowest BCUT2D eigenvalue weighted by molar-refractivity contribution is 0.189. The summed E-state index contributed by atoms with van der Waals surface area (Å²) < 4.78 is 10.6. The Labute approximate surface area is 165 Å². The molecule has 1 fully saturated rings. The summed E-state index contributed by atoms with van der Waals surface area (Å²) in [5.74, 6) is 1.26. The van der Waals surface area contributed by atoms with Crippen LogP contribution in [0.2, 0.25) is 5.02 Å². The van der Waals surface area contributed by atoms with Crippen molar-refractivity contribution in [2.24, 2.45) is 0 Å². The van der Waals surface area contributed by atoms with Crippen molar-refractivity contribution in [3.05, 3.63) is 53.1 Å². The molecule has 0 aromatic heterocycles. The van der Waals surface area contributed by atoms with Gasteiger partial charge in [0.1, 0.15) is 11.5 Å². The van der Waals surface area contributed by atoms with E-state index in [0.29, 0.717) is 28.8 Å². The summed E-state index contributed by atoms with van der Waals surface area (Å²) in [5, 5.41) is 3.70. The van der Waals surface area contributed by atoms with Crippen molar-refractivity contribution in [2.45, 2.75) is 31.7 Å². The van der Waals surface area contributed by atoms with E-state index < -0.39 is 0 Å². The number of hydrogen-bond donors (Lipinski definition) is 1. The number of urea groups is 1. The van der Waals surface area contributed by atoms with Gasteiger partial charge >= 0.3 is 6.03 Å². The van der Waals surface area contributed by atoms with Crippen LogP contribution in [0.4, 0.5) is 10.5 Å². The van der Waals surface area contributed by atoms with E-state index in [1.165, 1.54) is 0 Å². The molecule has 1 atom stereocenters. The minimum absolute atomic E-state index is 0.0290. The third-order valence-electron chi connectivity index (χ3n) is 4.92. The van der Waals surface area contributed by atoms with Crippen LogP contribution in [0, 0.1) is 0 Å². The smallest absolute Gasteiger partial charge is 0.322 e. The molecule has 2 amide bonds. The highest BCUT2D eigenvalue weighted by Crippen LogP contribution is 2.33. The van der Waals surface area contributed by atoms with Crippen LogP contribution in [-0.4, -0.2) is 31.7 Å². The van der Waals surface area contributed by atoms with Gasteiger partial charge in [0.2, 0.25) is 0 Å². The van der Waals surface area contributed by atoms with Gasteiger partial charge in [-0.2, -0.15) is 0 Å². The summed E-state index contributed by atoms with van der Waals surface area (Å²) in [4.78, 5) is 15.0. The van der Waals surface area contributed by atoms with E-state index in [4.69, 9.17) is 21.1 Å². The van der Waals surface area contributed by atoms with Crippen LogP contribution in [0.25, 0.3) is 0 Å². The van der Waals surface area contributed by atoms with E-state index >= 15 is 0 Å². The fraction of sp³-hybridized carbons (Fsp3) is 0.381. The monoisotopic (exact) mass is 388 g/mol. The maximum absolute atomic E-state index is 13.1. The number of halogens is 1. The summed E-state index contributed by atoms with van der Waals surface area (Å²) >= 11 is 6.03. The van der Waals surface area contributed by atoms with Crippen LogP contribution in [0.3, 0.4) is 0 Å². The molecule has 2 aromatic carbocycles. The van der Waals surface area contributed by atoms with Gasteiger partial charge < -0.3 is 19.7 Å². The molecule has 1 aliphatic rings. The minimum Gasteiger partial charge on any atom is -0.497 e. The number of hydrogen-bond acceptors (Lipinski definition) is 3. The topological polar surface area (TPSA) is 50.8 Å². The zero-order chi connectivity index (χ0) is 19.2. The maximum atomic E-state index is 13.1. The lowest BCUT2D eigenvalue weighted by Crippen LogP contribution is -2.38. The lowest BCUT2D eigenvalue weighted by Gasteiger charge is -2.31. The number of amides is 2. The Bertz CT molecular complexity index is 779. The predicted molar refractivity (Wildman–Crippen MR) is 108 cm³/mol. The van der Waals surface area contributed by atoms with Gasteiger partial charge in [-0.3, -0.25) is 0 Å². The van der Waals surface area contributed by atoms with Crippen LogP contribution in [0.1, 0.15) is 37.3 Å². The van der Waals surface area contributed by atoms with Crippen molar-refractivity contribution in [3.63, 3.8) is 0 Å². The number of nitrogens with zero attached hydrogens (tertiary/aromatic N) is 1. The van der Waals surface area contributed by atoms with Gasteiger partial charge in [0.05, 0.1) is 25.9 Å². The largest absolute Gasteiger partial charge is 0.497 e. The minimum atomic E-state index is -0.136. The standard InChI is InChI=1S/C21H25ClN2O3/c1-26-17-11-12-20(27-2)18(14-17)23-21(25)24-13-5-3-4-6-19(24)15-7-9-16(22)10-8-15/h7-12,14,19H,3-6,13H2,1-2H3,(H,23,25)/t19-/m1/s1. The molecular weight excluding hydrogens is 364 g/mol. The Morgan fingerprint density at radius 2 is 1.85 bits per heavy atom. The third kappa shape index (κ3) is 4.66. The van der Waals surface area contributed by atoms with Crippen molar-refractivity contribution in [3.8, 4) is 11.5 Å². The number of rotatable bonds is 4. The van der Waals surface area contributed by atoms with Crippen molar-refractivity contribution in [2.75, 3.05) is 26.1 Å². The lowest BCUT2D eigenvalue weighted by atomic mass is 10.0. The highest BCUT2D eigenvalue weighted by molar-refractivity contribution is 6.30. The van der Waals surface area contributed by atoms with E-state index in [2.05, 4.69) is 5.32 Å². The highest BCUT2D eigenvalue weighted by Gasteiger charge is 2.27. The third-order valence-corrected chi connectivity index (χ3v) is 5.17. The molecule has 0 spiro atoms. The highest BCUT2D eigenvalue weighted by atomic mass is 35.5. The number of likely N-dealkylation sites (tertiary alicyclic amines) is 1. The maximum Gasteiger partial charge on any atom is 0.322 e. The van der Waals surface area contributed by atoms with E-state index in [1.54, 1.807) is 32.4 Å². The van der Waals surface area contributed by atoms with Crippen molar-refractivity contribution in [1.29, 1.82) is 0 Å². The first-order chi connectivity index (χ1) is 13.1.